The number of nitrogens with one attached hydrogen (secondary N) is 2. The highest BCUT2D eigenvalue weighted by atomic mass is 32.1. The summed E-state index contributed by atoms with van der Waals surface area (Å²) in [6.45, 7) is 15.2. The Morgan fingerprint density at radius 1 is 1.39 bits per heavy atom. The monoisotopic (exact) mass is 336 g/mol. The molecule has 0 aromatic carbocycles. The fourth-order valence-corrected chi connectivity index (χ4v) is 3.81. The number of hydrogen-bond acceptors (Lipinski definition) is 3. The summed E-state index contributed by atoms with van der Waals surface area (Å²) in [5, 5.41) is 9.06. The topological polar surface area (TPSA) is 39.7 Å². The van der Waals surface area contributed by atoms with Gasteiger partial charge in [0, 0.05) is 29.9 Å². The van der Waals surface area contributed by atoms with Gasteiger partial charge in [-0.3, -0.25) is 4.99 Å². The molecule has 1 unspecified atom stereocenters. The molecule has 2 N–H and O–H groups in total. The van der Waals surface area contributed by atoms with Gasteiger partial charge in [0.25, 0.3) is 0 Å². The number of thiophene rings is 1. The number of likely N-dealkylation sites (tertiary alicyclic amines) is 1. The van der Waals surface area contributed by atoms with Crippen LogP contribution < -0.4 is 10.6 Å². The van der Waals surface area contributed by atoms with Crippen molar-refractivity contribution in [3.05, 3.63) is 22.4 Å². The van der Waals surface area contributed by atoms with Crippen molar-refractivity contribution >= 4 is 17.3 Å². The summed E-state index contributed by atoms with van der Waals surface area (Å²) in [4.78, 5) is 8.75. The van der Waals surface area contributed by atoms with Crippen LogP contribution >= 0.6 is 11.3 Å². The van der Waals surface area contributed by atoms with E-state index in [0.29, 0.717) is 0 Å². The first-order chi connectivity index (χ1) is 11.0. The van der Waals surface area contributed by atoms with E-state index in [1.54, 1.807) is 0 Å². The molecule has 0 amide bonds. The SMILES string of the molecule is CCNC(=NCC(C)(C)c1cccs1)NCC1CCN(CC)C1. The minimum Gasteiger partial charge on any atom is -0.357 e. The molecule has 1 aromatic heterocycles. The summed E-state index contributed by atoms with van der Waals surface area (Å²) in [6.07, 6.45) is 1.29. The molecule has 1 fully saturated rings. The summed E-state index contributed by atoms with van der Waals surface area (Å²) in [5.74, 6) is 1.69. The lowest BCUT2D eigenvalue weighted by Crippen LogP contribution is -2.41. The molecule has 1 aliphatic heterocycles. The molecule has 1 atom stereocenters. The van der Waals surface area contributed by atoms with Gasteiger partial charge in [-0.05, 0) is 43.8 Å². The van der Waals surface area contributed by atoms with Gasteiger partial charge in [0.1, 0.15) is 0 Å². The number of nitrogens with zero attached hydrogens (tertiary/aromatic N) is 2. The molecule has 0 bridgehead atoms. The van der Waals surface area contributed by atoms with Crippen LogP contribution in [-0.2, 0) is 5.41 Å². The highest BCUT2D eigenvalue weighted by molar-refractivity contribution is 7.10. The predicted molar refractivity (Wildman–Crippen MR) is 102 cm³/mol. The quantitative estimate of drug-likeness (QED) is 0.594. The second-order valence-corrected chi connectivity index (χ2v) is 7.93. The smallest absolute Gasteiger partial charge is 0.191 e. The predicted octanol–water partition coefficient (Wildman–Crippen LogP) is 2.92. The molecule has 2 heterocycles. The summed E-state index contributed by atoms with van der Waals surface area (Å²) >= 11 is 1.82. The molecule has 4 nitrogen and oxygen atoms in total. The maximum atomic E-state index is 4.83. The first-order valence-electron chi connectivity index (χ1n) is 8.83. The fraction of sp³-hybridized carbons (Fsp3) is 0.722. The van der Waals surface area contributed by atoms with Crippen LogP contribution in [-0.4, -0.2) is 50.1 Å². The van der Waals surface area contributed by atoms with Crippen LogP contribution in [0.3, 0.4) is 0 Å². The van der Waals surface area contributed by atoms with E-state index in [2.05, 4.69) is 60.7 Å². The summed E-state index contributed by atoms with van der Waals surface area (Å²) in [6, 6.07) is 4.33. The summed E-state index contributed by atoms with van der Waals surface area (Å²) in [7, 11) is 0. The molecule has 1 aliphatic rings. The molecular formula is C18H32N4S. The standard InChI is InChI=1S/C18H32N4S/c1-5-19-17(20-12-15-9-10-22(6-2)13-15)21-14-18(3,4)16-8-7-11-23-16/h7-8,11,15H,5-6,9-10,12-14H2,1-4H3,(H2,19,20,21). The van der Waals surface area contributed by atoms with E-state index < -0.39 is 0 Å². The maximum absolute atomic E-state index is 4.83. The van der Waals surface area contributed by atoms with Gasteiger partial charge in [0.05, 0.1) is 6.54 Å². The van der Waals surface area contributed by atoms with E-state index in [1.807, 2.05) is 11.3 Å². The normalized spacial score (nSPS) is 20.0. The third-order valence-electron chi connectivity index (χ3n) is 4.54. The first-order valence-corrected chi connectivity index (χ1v) is 9.71. The van der Waals surface area contributed by atoms with E-state index >= 15 is 0 Å². The molecule has 2 rings (SSSR count). The molecule has 0 spiro atoms. The van der Waals surface area contributed by atoms with Gasteiger partial charge < -0.3 is 15.5 Å². The molecule has 0 aliphatic carbocycles. The largest absolute Gasteiger partial charge is 0.357 e. The zero-order valence-corrected chi connectivity index (χ0v) is 15.9. The Balaban J connectivity index is 1.87. The average molecular weight is 337 g/mol. The van der Waals surface area contributed by atoms with Gasteiger partial charge in [-0.15, -0.1) is 11.3 Å². The molecule has 0 radical (unpaired) electrons. The van der Waals surface area contributed by atoms with Crippen LogP contribution in [0.25, 0.3) is 0 Å². The van der Waals surface area contributed by atoms with Crippen molar-refractivity contribution < 1.29 is 0 Å². The van der Waals surface area contributed by atoms with Crippen molar-refractivity contribution in [2.45, 2.75) is 39.5 Å². The van der Waals surface area contributed by atoms with E-state index in [9.17, 15) is 0 Å². The third-order valence-corrected chi connectivity index (χ3v) is 5.78. The Kier molecular flexibility index (Phi) is 6.90. The Labute approximate surface area is 145 Å². The molecule has 130 valence electrons. The molecule has 1 saturated heterocycles. The van der Waals surface area contributed by atoms with Crippen LogP contribution in [0.2, 0.25) is 0 Å². The highest BCUT2D eigenvalue weighted by Crippen LogP contribution is 2.27. The van der Waals surface area contributed by atoms with Gasteiger partial charge in [0.2, 0.25) is 0 Å². The molecular weight excluding hydrogens is 304 g/mol. The zero-order chi connectivity index (χ0) is 16.7. The average Bonchev–Trinajstić information content (AvgIpc) is 3.21. The van der Waals surface area contributed by atoms with Crippen molar-refractivity contribution in [1.82, 2.24) is 15.5 Å². The zero-order valence-electron chi connectivity index (χ0n) is 15.1. The van der Waals surface area contributed by atoms with E-state index in [0.717, 1.165) is 31.5 Å². The van der Waals surface area contributed by atoms with Crippen molar-refractivity contribution in [3.8, 4) is 0 Å². The molecule has 1 aromatic rings. The van der Waals surface area contributed by atoms with Crippen LogP contribution in [0, 0.1) is 5.92 Å². The summed E-state index contributed by atoms with van der Waals surface area (Å²) in [5.41, 5.74) is 0.0862. The van der Waals surface area contributed by atoms with Gasteiger partial charge in [-0.2, -0.15) is 0 Å². The van der Waals surface area contributed by atoms with Crippen LogP contribution in [0.15, 0.2) is 22.5 Å². The number of aliphatic imine (C=N–C) groups is 1. The first kappa shape index (κ1) is 18.3. The molecule has 0 saturated carbocycles. The van der Waals surface area contributed by atoms with Crippen LogP contribution in [0.5, 0.6) is 0 Å². The lowest BCUT2D eigenvalue weighted by molar-refractivity contribution is 0.341. The van der Waals surface area contributed by atoms with Crippen molar-refractivity contribution in [3.63, 3.8) is 0 Å². The van der Waals surface area contributed by atoms with Gasteiger partial charge >= 0.3 is 0 Å². The fourth-order valence-electron chi connectivity index (χ4n) is 2.97. The third kappa shape index (κ3) is 5.50. The molecule has 5 heteroatoms. The van der Waals surface area contributed by atoms with Gasteiger partial charge in [-0.1, -0.05) is 26.8 Å². The second kappa shape index (κ2) is 8.69. The Morgan fingerprint density at radius 3 is 2.83 bits per heavy atom. The minimum absolute atomic E-state index is 0.0862. The van der Waals surface area contributed by atoms with Crippen molar-refractivity contribution in [2.24, 2.45) is 10.9 Å². The van der Waals surface area contributed by atoms with E-state index in [4.69, 9.17) is 4.99 Å². The van der Waals surface area contributed by atoms with Gasteiger partial charge in [-0.25, -0.2) is 0 Å². The summed E-state index contributed by atoms with van der Waals surface area (Å²) < 4.78 is 0. The van der Waals surface area contributed by atoms with E-state index in [1.165, 1.54) is 30.9 Å². The number of hydrogen-bond donors (Lipinski definition) is 2. The number of rotatable bonds is 7. The Bertz CT molecular complexity index is 481. The lowest BCUT2D eigenvalue weighted by atomic mass is 9.92. The Morgan fingerprint density at radius 2 is 2.22 bits per heavy atom. The van der Waals surface area contributed by atoms with Crippen LogP contribution in [0.1, 0.15) is 39.0 Å². The lowest BCUT2D eigenvalue weighted by Gasteiger charge is -2.22. The van der Waals surface area contributed by atoms with E-state index in [-0.39, 0.29) is 5.41 Å². The highest BCUT2D eigenvalue weighted by Gasteiger charge is 2.23. The van der Waals surface area contributed by atoms with Crippen molar-refractivity contribution in [1.29, 1.82) is 0 Å². The van der Waals surface area contributed by atoms with Crippen molar-refractivity contribution in [2.75, 3.05) is 39.3 Å². The molecule has 23 heavy (non-hydrogen) atoms. The second-order valence-electron chi connectivity index (χ2n) is 6.99. The maximum Gasteiger partial charge on any atom is 0.191 e. The minimum atomic E-state index is 0.0862. The number of guanidine groups is 1. The van der Waals surface area contributed by atoms with Gasteiger partial charge in [0.15, 0.2) is 5.96 Å². The van der Waals surface area contributed by atoms with Crippen LogP contribution in [0.4, 0.5) is 0 Å². The Hall–Kier alpha value is -1.07.